The van der Waals surface area contributed by atoms with E-state index in [4.69, 9.17) is 4.42 Å². The number of rotatable bonds is 7. The quantitative estimate of drug-likeness (QED) is 0.331. The third kappa shape index (κ3) is 6.87. The largest absolute Gasteiger partial charge is 0.468 e. The van der Waals surface area contributed by atoms with E-state index in [1.165, 1.54) is 19.3 Å². The highest BCUT2D eigenvalue weighted by Crippen LogP contribution is 2.24. The molecule has 2 atom stereocenters. The molecule has 0 spiro atoms. The average Bonchev–Trinajstić information content (AvgIpc) is 3.41. The number of aliphatic imine (C=N–C) groups is 1. The van der Waals surface area contributed by atoms with E-state index in [2.05, 4.69) is 27.4 Å². The standard InChI is InChI=1S/C21H35N5O2.HI/c1-17-8-3-4-14-26(17)20(27)10-11-23-21(22-2)24-16-18(19-9-7-15-28-19)25-12-5-6-13-25;/h7,9,15,17-18H,3-6,8,10-14,16H2,1-2H3,(H2,22,23,24);1H. The van der Waals surface area contributed by atoms with Crippen molar-refractivity contribution in [3.8, 4) is 0 Å². The van der Waals surface area contributed by atoms with Gasteiger partial charge in [0, 0.05) is 39.1 Å². The summed E-state index contributed by atoms with van der Waals surface area (Å²) < 4.78 is 5.67. The SMILES string of the molecule is CN=C(NCCC(=O)N1CCCCC1C)NCC(c1ccco1)N1CCCC1.I. The van der Waals surface area contributed by atoms with Crippen LogP contribution < -0.4 is 10.6 Å². The minimum Gasteiger partial charge on any atom is -0.468 e. The van der Waals surface area contributed by atoms with Crippen LogP contribution in [0, 0.1) is 0 Å². The van der Waals surface area contributed by atoms with Gasteiger partial charge in [0.1, 0.15) is 5.76 Å². The van der Waals surface area contributed by atoms with Gasteiger partial charge < -0.3 is 20.0 Å². The fourth-order valence-corrected chi connectivity index (χ4v) is 4.26. The highest BCUT2D eigenvalue weighted by molar-refractivity contribution is 14.0. The molecule has 2 aliphatic heterocycles. The van der Waals surface area contributed by atoms with Crippen molar-refractivity contribution in [2.45, 2.75) is 57.5 Å². The Morgan fingerprint density at radius 1 is 1.24 bits per heavy atom. The molecule has 7 nitrogen and oxygen atoms in total. The maximum absolute atomic E-state index is 12.5. The molecular formula is C21H36IN5O2. The van der Waals surface area contributed by atoms with E-state index >= 15 is 0 Å². The predicted molar refractivity (Wildman–Crippen MR) is 127 cm³/mol. The number of likely N-dealkylation sites (tertiary alicyclic amines) is 2. The number of amides is 1. The topological polar surface area (TPSA) is 73.1 Å². The summed E-state index contributed by atoms with van der Waals surface area (Å²) in [7, 11) is 1.77. The van der Waals surface area contributed by atoms with Gasteiger partial charge in [-0.3, -0.25) is 14.7 Å². The average molecular weight is 517 g/mol. The van der Waals surface area contributed by atoms with Crippen LogP contribution in [-0.2, 0) is 4.79 Å². The molecular weight excluding hydrogens is 481 g/mol. The van der Waals surface area contributed by atoms with Crippen molar-refractivity contribution in [1.29, 1.82) is 0 Å². The molecule has 164 valence electrons. The summed E-state index contributed by atoms with van der Waals surface area (Å²) in [5.74, 6) is 1.95. The molecule has 0 radical (unpaired) electrons. The number of nitrogens with zero attached hydrogens (tertiary/aromatic N) is 3. The van der Waals surface area contributed by atoms with E-state index in [0.29, 0.717) is 19.0 Å². The molecule has 2 N–H and O–H groups in total. The molecule has 0 aromatic carbocycles. The zero-order valence-electron chi connectivity index (χ0n) is 17.7. The second-order valence-electron chi connectivity index (χ2n) is 7.84. The molecule has 3 heterocycles. The molecule has 1 amide bonds. The highest BCUT2D eigenvalue weighted by atomic mass is 127. The van der Waals surface area contributed by atoms with Crippen LogP contribution in [0.15, 0.2) is 27.8 Å². The number of halogens is 1. The van der Waals surface area contributed by atoms with Gasteiger partial charge >= 0.3 is 0 Å². The van der Waals surface area contributed by atoms with E-state index in [9.17, 15) is 4.79 Å². The van der Waals surface area contributed by atoms with Crippen LogP contribution >= 0.6 is 24.0 Å². The first-order valence-corrected chi connectivity index (χ1v) is 10.7. The molecule has 2 fully saturated rings. The zero-order chi connectivity index (χ0) is 19.8. The van der Waals surface area contributed by atoms with Gasteiger partial charge in [0.15, 0.2) is 5.96 Å². The molecule has 0 saturated carbocycles. The molecule has 29 heavy (non-hydrogen) atoms. The Kier molecular flexibility index (Phi) is 10.3. The lowest BCUT2D eigenvalue weighted by Gasteiger charge is -2.33. The maximum Gasteiger partial charge on any atom is 0.224 e. The molecule has 2 unspecified atom stereocenters. The van der Waals surface area contributed by atoms with Gasteiger partial charge in [0.25, 0.3) is 0 Å². The second-order valence-corrected chi connectivity index (χ2v) is 7.84. The number of piperidine rings is 1. The number of nitrogens with one attached hydrogen (secondary N) is 2. The summed E-state index contributed by atoms with van der Waals surface area (Å²) in [6.07, 6.45) is 8.18. The molecule has 0 bridgehead atoms. The number of furan rings is 1. The van der Waals surface area contributed by atoms with Crippen LogP contribution in [0.5, 0.6) is 0 Å². The summed E-state index contributed by atoms with van der Waals surface area (Å²) in [5.41, 5.74) is 0. The van der Waals surface area contributed by atoms with Crippen molar-refractivity contribution in [1.82, 2.24) is 20.4 Å². The minimum atomic E-state index is 0. The number of carbonyl (C=O) groups excluding carboxylic acids is 1. The summed E-state index contributed by atoms with van der Waals surface area (Å²) in [6, 6.07) is 4.55. The van der Waals surface area contributed by atoms with Gasteiger partial charge in [-0.25, -0.2) is 0 Å². The highest BCUT2D eigenvalue weighted by Gasteiger charge is 2.26. The molecule has 0 aliphatic carbocycles. The summed E-state index contributed by atoms with van der Waals surface area (Å²) in [4.78, 5) is 21.3. The van der Waals surface area contributed by atoms with E-state index in [1.807, 2.05) is 17.0 Å². The fourth-order valence-electron chi connectivity index (χ4n) is 4.26. The van der Waals surface area contributed by atoms with Gasteiger partial charge in [0.2, 0.25) is 5.91 Å². The van der Waals surface area contributed by atoms with Gasteiger partial charge in [-0.1, -0.05) is 0 Å². The van der Waals surface area contributed by atoms with Crippen LogP contribution in [0.3, 0.4) is 0 Å². The first-order chi connectivity index (χ1) is 13.7. The van der Waals surface area contributed by atoms with Gasteiger partial charge in [-0.15, -0.1) is 24.0 Å². The summed E-state index contributed by atoms with van der Waals surface area (Å²) >= 11 is 0. The Balaban J connectivity index is 0.00000300. The Morgan fingerprint density at radius 2 is 2.00 bits per heavy atom. The number of hydrogen-bond acceptors (Lipinski definition) is 4. The molecule has 8 heteroatoms. The monoisotopic (exact) mass is 517 g/mol. The van der Waals surface area contributed by atoms with Gasteiger partial charge in [0.05, 0.1) is 12.3 Å². The molecule has 1 aromatic rings. The normalized spacial score (nSPS) is 21.5. The van der Waals surface area contributed by atoms with Crippen LogP contribution in [0.25, 0.3) is 0 Å². The molecule has 1 aromatic heterocycles. The van der Waals surface area contributed by atoms with Gasteiger partial charge in [-0.2, -0.15) is 0 Å². The minimum absolute atomic E-state index is 0. The van der Waals surface area contributed by atoms with E-state index in [1.54, 1.807) is 13.3 Å². The van der Waals surface area contributed by atoms with E-state index < -0.39 is 0 Å². The van der Waals surface area contributed by atoms with Crippen molar-refractivity contribution in [3.63, 3.8) is 0 Å². The smallest absolute Gasteiger partial charge is 0.224 e. The van der Waals surface area contributed by atoms with Gasteiger partial charge in [-0.05, 0) is 64.3 Å². The Bertz CT molecular complexity index is 631. The molecule has 2 saturated heterocycles. The first-order valence-electron chi connectivity index (χ1n) is 10.7. The third-order valence-electron chi connectivity index (χ3n) is 5.89. The zero-order valence-corrected chi connectivity index (χ0v) is 20.1. The molecule has 2 aliphatic rings. The first kappa shape index (κ1) is 24.0. The van der Waals surface area contributed by atoms with E-state index in [-0.39, 0.29) is 35.9 Å². The Labute approximate surface area is 191 Å². The number of hydrogen-bond donors (Lipinski definition) is 2. The second kappa shape index (κ2) is 12.4. The summed E-state index contributed by atoms with van der Waals surface area (Å²) in [6.45, 7) is 6.57. The van der Waals surface area contributed by atoms with Crippen molar-refractivity contribution >= 4 is 35.8 Å². The maximum atomic E-state index is 12.5. The Morgan fingerprint density at radius 3 is 2.66 bits per heavy atom. The van der Waals surface area contributed by atoms with Crippen molar-refractivity contribution < 1.29 is 9.21 Å². The van der Waals surface area contributed by atoms with Crippen molar-refractivity contribution in [2.24, 2.45) is 4.99 Å². The van der Waals surface area contributed by atoms with Crippen LogP contribution in [0.4, 0.5) is 0 Å². The van der Waals surface area contributed by atoms with Crippen LogP contribution in [-0.4, -0.2) is 67.5 Å². The lowest BCUT2D eigenvalue weighted by atomic mass is 10.0. The fraction of sp³-hybridized carbons (Fsp3) is 0.714. The lowest BCUT2D eigenvalue weighted by molar-refractivity contribution is -0.134. The predicted octanol–water partition coefficient (Wildman–Crippen LogP) is 2.99. The Hall–Kier alpha value is -1.29. The third-order valence-corrected chi connectivity index (χ3v) is 5.89. The lowest BCUT2D eigenvalue weighted by Crippen LogP contribution is -2.45. The summed E-state index contributed by atoms with van der Waals surface area (Å²) in [5, 5.41) is 6.70. The van der Waals surface area contributed by atoms with Crippen molar-refractivity contribution in [3.05, 3.63) is 24.2 Å². The van der Waals surface area contributed by atoms with E-state index in [0.717, 1.165) is 50.7 Å². The number of carbonyl (C=O) groups is 1. The molecule has 3 rings (SSSR count). The number of guanidine groups is 1. The van der Waals surface area contributed by atoms with Crippen LogP contribution in [0.2, 0.25) is 0 Å². The van der Waals surface area contributed by atoms with Crippen LogP contribution in [0.1, 0.15) is 57.3 Å². The van der Waals surface area contributed by atoms with Crippen molar-refractivity contribution in [2.75, 3.05) is 39.8 Å².